The van der Waals surface area contributed by atoms with Crippen LogP contribution in [0.25, 0.3) is 0 Å². The van der Waals surface area contributed by atoms with E-state index in [9.17, 15) is 9.18 Å². The van der Waals surface area contributed by atoms with Crippen LogP contribution in [0.1, 0.15) is 15.2 Å². The highest BCUT2D eigenvalue weighted by Gasteiger charge is 2.13. The molecule has 5 heteroatoms. The molecule has 2 rings (SSSR count). The normalized spacial score (nSPS) is 10.4. The van der Waals surface area contributed by atoms with Gasteiger partial charge in [-0.25, -0.2) is 4.39 Å². The molecule has 1 heterocycles. The Labute approximate surface area is 109 Å². The van der Waals surface area contributed by atoms with Crippen LogP contribution >= 0.6 is 38.9 Å². The van der Waals surface area contributed by atoms with Gasteiger partial charge in [0.25, 0.3) is 0 Å². The second-order valence-electron chi connectivity index (χ2n) is 3.06. The van der Waals surface area contributed by atoms with Crippen LogP contribution in [0.2, 0.25) is 5.02 Å². The van der Waals surface area contributed by atoms with E-state index in [2.05, 4.69) is 15.9 Å². The molecule has 0 bridgehead atoms. The molecule has 0 saturated heterocycles. The maximum absolute atomic E-state index is 12.9. The predicted octanol–water partition coefficient (Wildman–Crippen LogP) is 4.53. The Hall–Kier alpha value is -0.710. The van der Waals surface area contributed by atoms with Crippen molar-refractivity contribution in [1.82, 2.24) is 0 Å². The third-order valence-corrected chi connectivity index (χ3v) is 3.89. The van der Waals surface area contributed by atoms with Gasteiger partial charge in [0.2, 0.25) is 5.78 Å². The lowest BCUT2D eigenvalue weighted by Gasteiger charge is -1.99. The number of carbonyl (C=O) groups is 1. The Morgan fingerprint density at radius 1 is 1.31 bits per heavy atom. The second-order valence-corrected chi connectivity index (χ2v) is 5.93. The molecular formula is C11H5BrClFOS. The number of hydrogen-bond donors (Lipinski definition) is 0. The molecule has 0 aliphatic carbocycles. The van der Waals surface area contributed by atoms with Crippen molar-refractivity contribution in [2.75, 3.05) is 0 Å². The van der Waals surface area contributed by atoms with Gasteiger partial charge in [0.1, 0.15) is 5.82 Å². The van der Waals surface area contributed by atoms with Gasteiger partial charge < -0.3 is 0 Å². The maximum Gasteiger partial charge on any atom is 0.203 e. The van der Waals surface area contributed by atoms with E-state index in [1.165, 1.54) is 29.5 Å². The number of benzene rings is 1. The van der Waals surface area contributed by atoms with Gasteiger partial charge in [-0.2, -0.15) is 0 Å². The van der Waals surface area contributed by atoms with Crippen molar-refractivity contribution in [3.05, 3.63) is 55.4 Å². The summed E-state index contributed by atoms with van der Waals surface area (Å²) in [6, 6.07) is 7.47. The minimum Gasteiger partial charge on any atom is -0.288 e. The minimum absolute atomic E-state index is 0.0403. The molecule has 0 fully saturated rings. The zero-order valence-electron chi connectivity index (χ0n) is 7.84. The lowest BCUT2D eigenvalue weighted by Crippen LogP contribution is -1.98. The highest BCUT2D eigenvalue weighted by atomic mass is 79.9. The fraction of sp³-hybridized carbons (Fsp3) is 0. The van der Waals surface area contributed by atoms with E-state index >= 15 is 0 Å². The van der Waals surface area contributed by atoms with Crippen molar-refractivity contribution in [2.24, 2.45) is 0 Å². The molecule has 0 atom stereocenters. The lowest BCUT2D eigenvalue weighted by atomic mass is 10.1. The van der Waals surface area contributed by atoms with Crippen LogP contribution in [-0.2, 0) is 0 Å². The smallest absolute Gasteiger partial charge is 0.203 e. The Morgan fingerprint density at radius 3 is 2.62 bits per heavy atom. The van der Waals surface area contributed by atoms with Crippen LogP contribution in [0.5, 0.6) is 0 Å². The third kappa shape index (κ3) is 2.34. The molecule has 0 radical (unpaired) electrons. The van der Waals surface area contributed by atoms with Crippen LogP contribution in [0.3, 0.4) is 0 Å². The van der Waals surface area contributed by atoms with E-state index in [0.717, 1.165) is 3.79 Å². The lowest BCUT2D eigenvalue weighted by molar-refractivity contribution is 0.104. The first kappa shape index (κ1) is 11.8. The van der Waals surface area contributed by atoms with Gasteiger partial charge >= 0.3 is 0 Å². The molecular weight excluding hydrogens is 315 g/mol. The Morgan fingerprint density at radius 2 is 2.06 bits per heavy atom. The number of hydrogen-bond acceptors (Lipinski definition) is 2. The molecule has 1 aromatic carbocycles. The summed E-state index contributed by atoms with van der Waals surface area (Å²) in [5.74, 6) is -0.678. The molecule has 82 valence electrons. The van der Waals surface area contributed by atoms with Gasteiger partial charge in [-0.05, 0) is 46.3 Å². The van der Waals surface area contributed by atoms with Gasteiger partial charge in [0.05, 0.1) is 13.7 Å². The fourth-order valence-electron chi connectivity index (χ4n) is 1.22. The van der Waals surface area contributed by atoms with Crippen LogP contribution in [0, 0.1) is 5.82 Å². The monoisotopic (exact) mass is 318 g/mol. The number of ketones is 1. The number of rotatable bonds is 2. The Balaban J connectivity index is 2.38. The summed E-state index contributed by atoms with van der Waals surface area (Å²) in [5, 5.41) is -0.0403. The molecule has 2 aromatic rings. The summed E-state index contributed by atoms with van der Waals surface area (Å²) < 4.78 is 13.8. The van der Waals surface area contributed by atoms with Gasteiger partial charge in [0.15, 0.2) is 0 Å². The predicted molar refractivity (Wildman–Crippen MR) is 66.9 cm³/mol. The summed E-state index contributed by atoms with van der Waals surface area (Å²) in [6.07, 6.45) is 0. The van der Waals surface area contributed by atoms with Crippen LogP contribution in [0.4, 0.5) is 4.39 Å². The van der Waals surface area contributed by atoms with Gasteiger partial charge in [-0.1, -0.05) is 11.6 Å². The first-order valence-electron chi connectivity index (χ1n) is 4.33. The molecule has 1 aromatic heterocycles. The number of carbonyl (C=O) groups excluding carboxylic acids is 1. The van der Waals surface area contributed by atoms with E-state index < -0.39 is 5.82 Å². The number of thiophene rings is 1. The molecule has 1 nitrogen and oxygen atoms in total. The average Bonchev–Trinajstić information content (AvgIpc) is 2.68. The molecule has 0 amide bonds. The Bertz CT molecular complexity index is 553. The summed E-state index contributed by atoms with van der Waals surface area (Å²) in [4.78, 5) is 12.5. The standard InChI is InChI=1S/C11H5BrClFOS/c12-10-4-3-9(16-10)11(15)6-1-2-8(14)7(13)5-6/h1-5H. The van der Waals surface area contributed by atoms with E-state index in [0.29, 0.717) is 10.4 Å². The molecule has 16 heavy (non-hydrogen) atoms. The van der Waals surface area contributed by atoms with Crippen molar-refractivity contribution in [1.29, 1.82) is 0 Å². The average molecular weight is 320 g/mol. The van der Waals surface area contributed by atoms with Crippen molar-refractivity contribution in [2.45, 2.75) is 0 Å². The summed E-state index contributed by atoms with van der Waals surface area (Å²) in [6.45, 7) is 0. The molecule has 0 spiro atoms. The zero-order chi connectivity index (χ0) is 11.7. The molecule has 0 aliphatic heterocycles. The first-order chi connectivity index (χ1) is 7.58. The van der Waals surface area contributed by atoms with Gasteiger partial charge in [-0.15, -0.1) is 11.3 Å². The maximum atomic E-state index is 12.9. The molecule has 0 aliphatic rings. The summed E-state index contributed by atoms with van der Waals surface area (Å²) >= 11 is 10.2. The number of halogens is 3. The van der Waals surface area contributed by atoms with Crippen molar-refractivity contribution in [3.8, 4) is 0 Å². The van der Waals surface area contributed by atoms with Gasteiger partial charge in [0, 0.05) is 5.56 Å². The quantitative estimate of drug-likeness (QED) is 0.743. The SMILES string of the molecule is O=C(c1ccc(F)c(Cl)c1)c1ccc(Br)s1. The third-order valence-electron chi connectivity index (χ3n) is 1.98. The summed E-state index contributed by atoms with van der Waals surface area (Å²) in [7, 11) is 0. The Kier molecular flexibility index (Phi) is 3.42. The fourth-order valence-corrected chi connectivity index (χ4v) is 2.74. The van der Waals surface area contributed by atoms with Crippen molar-refractivity contribution < 1.29 is 9.18 Å². The zero-order valence-corrected chi connectivity index (χ0v) is 11.0. The van der Waals surface area contributed by atoms with E-state index in [-0.39, 0.29) is 10.8 Å². The van der Waals surface area contributed by atoms with Crippen LogP contribution in [0.15, 0.2) is 34.1 Å². The second kappa shape index (κ2) is 4.65. The highest BCUT2D eigenvalue weighted by Crippen LogP contribution is 2.25. The largest absolute Gasteiger partial charge is 0.288 e. The highest BCUT2D eigenvalue weighted by molar-refractivity contribution is 9.11. The summed E-state index contributed by atoms with van der Waals surface area (Å²) in [5.41, 5.74) is 0.390. The van der Waals surface area contributed by atoms with Crippen molar-refractivity contribution >= 4 is 44.7 Å². The topological polar surface area (TPSA) is 17.1 Å². The molecule has 0 N–H and O–H groups in total. The van der Waals surface area contributed by atoms with E-state index in [1.54, 1.807) is 12.1 Å². The molecule has 0 saturated carbocycles. The minimum atomic E-state index is -0.523. The van der Waals surface area contributed by atoms with E-state index in [1.807, 2.05) is 0 Å². The van der Waals surface area contributed by atoms with Crippen molar-refractivity contribution in [3.63, 3.8) is 0 Å². The molecule has 0 unspecified atom stereocenters. The first-order valence-corrected chi connectivity index (χ1v) is 6.32. The van der Waals surface area contributed by atoms with Crippen LogP contribution < -0.4 is 0 Å². The van der Waals surface area contributed by atoms with Crippen LogP contribution in [-0.4, -0.2) is 5.78 Å². The van der Waals surface area contributed by atoms with Gasteiger partial charge in [-0.3, -0.25) is 4.79 Å². The van der Waals surface area contributed by atoms with E-state index in [4.69, 9.17) is 11.6 Å².